The van der Waals surface area contributed by atoms with Gasteiger partial charge in [-0.3, -0.25) is 4.98 Å². The fraction of sp³-hybridized carbons (Fsp3) is 0.348. The van der Waals surface area contributed by atoms with Crippen molar-refractivity contribution in [2.24, 2.45) is 11.8 Å². The highest BCUT2D eigenvalue weighted by molar-refractivity contribution is 5.69. The molecule has 3 rings (SSSR count). The number of hydrogen-bond acceptors (Lipinski definition) is 1. The van der Waals surface area contributed by atoms with Crippen molar-refractivity contribution in [3.63, 3.8) is 0 Å². The van der Waals surface area contributed by atoms with E-state index >= 15 is 0 Å². The van der Waals surface area contributed by atoms with Crippen molar-refractivity contribution in [1.29, 1.82) is 0 Å². The smallest absolute Gasteiger partial charge is 0.0343 e. The first-order chi connectivity index (χ1) is 11.7. The lowest BCUT2D eigenvalue weighted by atomic mass is 9.87. The van der Waals surface area contributed by atoms with Crippen LogP contribution in [0.15, 0.2) is 78.2 Å². The first kappa shape index (κ1) is 16.7. The van der Waals surface area contributed by atoms with E-state index < -0.39 is 0 Å². The van der Waals surface area contributed by atoms with Crippen molar-refractivity contribution in [2.75, 3.05) is 0 Å². The summed E-state index contributed by atoms with van der Waals surface area (Å²) >= 11 is 0. The first-order valence-corrected chi connectivity index (χ1v) is 9.07. The van der Waals surface area contributed by atoms with Gasteiger partial charge in [0.1, 0.15) is 0 Å². The lowest BCUT2D eigenvalue weighted by molar-refractivity contribution is 0.723. The van der Waals surface area contributed by atoms with E-state index in [1.54, 1.807) is 0 Å². The number of allylic oxidation sites excluding steroid dienone is 10. The maximum atomic E-state index is 4.30. The maximum absolute atomic E-state index is 4.30. The summed E-state index contributed by atoms with van der Waals surface area (Å²) in [5, 5.41) is 0. The molecule has 1 nitrogen and oxygen atoms in total. The molecular weight excluding hydrogens is 290 g/mol. The largest absolute Gasteiger partial charge is 0.264 e. The molecule has 0 N–H and O–H groups in total. The normalized spacial score (nSPS) is 29.5. The predicted molar refractivity (Wildman–Crippen MR) is 103 cm³/mol. The number of pyridine rings is 1. The SMILES string of the molecule is CC1C=CC(CCC2=C\C=C/C[C@@H](C)/C(c3cccnc3)=C\2)=CC1. The highest BCUT2D eigenvalue weighted by Crippen LogP contribution is 2.30. The second-order valence-electron chi connectivity index (χ2n) is 7.00. The molecule has 1 aromatic heterocycles. The average molecular weight is 317 g/mol. The van der Waals surface area contributed by atoms with E-state index in [1.807, 2.05) is 18.5 Å². The van der Waals surface area contributed by atoms with Gasteiger partial charge < -0.3 is 0 Å². The standard InChI is InChI=1S/C23H27N/c1-18-9-11-20(12-10-18)13-14-21-7-4-3-6-19(2)23(16-21)22-8-5-15-24-17-22/h3-5,7-9,11-12,15-19H,6,10,13-14H2,1-2H3/b4-3-,21-7+,23-16+/t18?,19-/m1/s1. The minimum atomic E-state index is 0.517. The van der Waals surface area contributed by atoms with Crippen LogP contribution in [0.2, 0.25) is 0 Å². The molecule has 1 unspecified atom stereocenters. The molecule has 0 bridgehead atoms. The predicted octanol–water partition coefficient (Wildman–Crippen LogP) is 6.29. The number of rotatable bonds is 4. The van der Waals surface area contributed by atoms with Crippen LogP contribution in [-0.4, -0.2) is 4.98 Å². The Labute approximate surface area is 146 Å². The van der Waals surface area contributed by atoms with Crippen molar-refractivity contribution < 1.29 is 0 Å². The van der Waals surface area contributed by atoms with Gasteiger partial charge in [-0.25, -0.2) is 0 Å². The molecule has 1 heterocycles. The Balaban J connectivity index is 1.77. The molecule has 1 heteroatoms. The van der Waals surface area contributed by atoms with Gasteiger partial charge in [0.05, 0.1) is 0 Å². The molecule has 0 saturated carbocycles. The maximum Gasteiger partial charge on any atom is 0.0343 e. The summed E-state index contributed by atoms with van der Waals surface area (Å²) in [6.45, 7) is 4.58. The minimum Gasteiger partial charge on any atom is -0.264 e. The van der Waals surface area contributed by atoms with Crippen molar-refractivity contribution in [2.45, 2.75) is 39.5 Å². The van der Waals surface area contributed by atoms with Crippen LogP contribution in [0.3, 0.4) is 0 Å². The van der Waals surface area contributed by atoms with Crippen LogP contribution < -0.4 is 0 Å². The van der Waals surface area contributed by atoms with E-state index in [0.717, 1.165) is 19.3 Å². The van der Waals surface area contributed by atoms with Gasteiger partial charge in [-0.1, -0.05) is 68.0 Å². The van der Waals surface area contributed by atoms with E-state index in [1.165, 1.54) is 28.7 Å². The van der Waals surface area contributed by atoms with Gasteiger partial charge in [-0.2, -0.15) is 0 Å². The second-order valence-corrected chi connectivity index (χ2v) is 7.00. The van der Waals surface area contributed by atoms with Crippen LogP contribution in [0.1, 0.15) is 45.1 Å². The van der Waals surface area contributed by atoms with Crippen LogP contribution in [0, 0.1) is 11.8 Å². The number of hydrogen-bond donors (Lipinski definition) is 0. The van der Waals surface area contributed by atoms with E-state index in [0.29, 0.717) is 11.8 Å². The molecule has 0 radical (unpaired) electrons. The lowest BCUT2D eigenvalue weighted by Gasteiger charge is -2.18. The lowest BCUT2D eigenvalue weighted by Crippen LogP contribution is -2.01. The fourth-order valence-electron chi connectivity index (χ4n) is 3.29. The molecule has 0 amide bonds. The molecule has 2 atom stereocenters. The monoisotopic (exact) mass is 317 g/mol. The molecule has 0 spiro atoms. The van der Waals surface area contributed by atoms with Crippen LogP contribution in [0.4, 0.5) is 0 Å². The van der Waals surface area contributed by atoms with E-state index in [2.05, 4.69) is 67.4 Å². The van der Waals surface area contributed by atoms with Crippen LogP contribution >= 0.6 is 0 Å². The number of aromatic nitrogens is 1. The molecule has 0 saturated heterocycles. The van der Waals surface area contributed by atoms with E-state index in [-0.39, 0.29) is 0 Å². The summed E-state index contributed by atoms with van der Waals surface area (Å²) in [7, 11) is 0. The molecule has 2 aliphatic rings. The van der Waals surface area contributed by atoms with E-state index in [9.17, 15) is 0 Å². The summed E-state index contributed by atoms with van der Waals surface area (Å²) in [6.07, 6.45) is 24.5. The van der Waals surface area contributed by atoms with Crippen molar-refractivity contribution in [3.05, 3.63) is 83.8 Å². The summed E-state index contributed by atoms with van der Waals surface area (Å²) < 4.78 is 0. The highest BCUT2D eigenvalue weighted by Gasteiger charge is 2.13. The zero-order chi connectivity index (χ0) is 16.8. The van der Waals surface area contributed by atoms with Crippen molar-refractivity contribution in [3.8, 4) is 0 Å². The van der Waals surface area contributed by atoms with Gasteiger partial charge >= 0.3 is 0 Å². The number of nitrogens with zero attached hydrogens (tertiary/aromatic N) is 1. The topological polar surface area (TPSA) is 12.9 Å². The molecule has 0 fully saturated rings. The van der Waals surface area contributed by atoms with Crippen molar-refractivity contribution >= 4 is 5.57 Å². The van der Waals surface area contributed by atoms with Gasteiger partial charge in [0, 0.05) is 12.4 Å². The highest BCUT2D eigenvalue weighted by atomic mass is 14.6. The third-order valence-corrected chi connectivity index (χ3v) is 4.90. The summed E-state index contributed by atoms with van der Waals surface area (Å²) in [5.74, 6) is 1.21. The quantitative estimate of drug-likeness (QED) is 0.636. The van der Waals surface area contributed by atoms with Crippen molar-refractivity contribution in [1.82, 2.24) is 4.98 Å². The molecule has 1 aromatic rings. The Bertz CT molecular complexity index is 701. The zero-order valence-electron chi connectivity index (χ0n) is 14.8. The minimum absolute atomic E-state index is 0.517. The summed E-state index contributed by atoms with van der Waals surface area (Å²) in [6, 6.07) is 4.20. The van der Waals surface area contributed by atoms with Gasteiger partial charge in [-0.15, -0.1) is 0 Å². The van der Waals surface area contributed by atoms with Crippen LogP contribution in [0.25, 0.3) is 5.57 Å². The molecular formula is C23H27N. The Morgan fingerprint density at radius 1 is 1.12 bits per heavy atom. The second kappa shape index (κ2) is 8.10. The van der Waals surface area contributed by atoms with Gasteiger partial charge in [0.25, 0.3) is 0 Å². The zero-order valence-corrected chi connectivity index (χ0v) is 14.8. The summed E-state index contributed by atoms with van der Waals surface area (Å²) in [5.41, 5.74) is 5.53. The third-order valence-electron chi connectivity index (χ3n) is 4.90. The Hall–Kier alpha value is -2.15. The molecule has 0 aromatic carbocycles. The summed E-state index contributed by atoms with van der Waals surface area (Å²) in [4.78, 5) is 4.30. The average Bonchev–Trinajstić information content (AvgIpc) is 2.60. The third kappa shape index (κ3) is 4.44. The Kier molecular flexibility index (Phi) is 5.63. The molecule has 2 aliphatic carbocycles. The molecule has 124 valence electrons. The van der Waals surface area contributed by atoms with Gasteiger partial charge in [-0.05, 0) is 60.3 Å². The molecule has 24 heavy (non-hydrogen) atoms. The van der Waals surface area contributed by atoms with Gasteiger partial charge in [0.15, 0.2) is 0 Å². The van der Waals surface area contributed by atoms with Crippen LogP contribution in [0.5, 0.6) is 0 Å². The van der Waals surface area contributed by atoms with Gasteiger partial charge in [0.2, 0.25) is 0 Å². The fourth-order valence-corrected chi connectivity index (χ4v) is 3.29. The Morgan fingerprint density at radius 2 is 2.00 bits per heavy atom. The molecule has 0 aliphatic heterocycles. The van der Waals surface area contributed by atoms with Crippen LogP contribution in [-0.2, 0) is 0 Å². The Morgan fingerprint density at radius 3 is 2.75 bits per heavy atom. The first-order valence-electron chi connectivity index (χ1n) is 9.07. The van der Waals surface area contributed by atoms with E-state index in [4.69, 9.17) is 0 Å².